The Balaban J connectivity index is 2.30. The third kappa shape index (κ3) is 3.54. The predicted molar refractivity (Wildman–Crippen MR) is 85.7 cm³/mol. The van der Waals surface area contributed by atoms with Gasteiger partial charge in [0, 0.05) is 17.2 Å². The van der Waals surface area contributed by atoms with Crippen LogP contribution in [0.2, 0.25) is 0 Å². The minimum atomic E-state index is -3.67. The van der Waals surface area contributed by atoms with E-state index in [9.17, 15) is 8.42 Å². The van der Waals surface area contributed by atoms with E-state index in [1.165, 1.54) is 12.1 Å². The summed E-state index contributed by atoms with van der Waals surface area (Å²) in [7, 11) is -1.91. The molecule has 108 valence electrons. The number of anilines is 2. The van der Waals surface area contributed by atoms with Gasteiger partial charge in [0.2, 0.25) is 0 Å². The van der Waals surface area contributed by atoms with E-state index in [4.69, 9.17) is 5.26 Å². The summed E-state index contributed by atoms with van der Waals surface area (Å²) in [5, 5.41) is 11.7. The maximum Gasteiger partial charge on any atom is 0.261 e. The Kier molecular flexibility index (Phi) is 4.50. The standard InChI is InChI=1S/C14H12BrN3O2S/c1-17-11-3-5-12(6-4-11)21(19,20)18-14-7-2-10(9-16)8-13(14)15/h2-8,17-18H,1H3. The molecule has 0 heterocycles. The van der Waals surface area contributed by atoms with Crippen molar-refractivity contribution in [1.82, 2.24) is 0 Å². The molecular weight excluding hydrogens is 354 g/mol. The fourth-order valence-corrected chi connectivity index (χ4v) is 3.36. The molecule has 2 N–H and O–H groups in total. The molecule has 0 amide bonds. The van der Waals surface area contributed by atoms with Crippen LogP contribution >= 0.6 is 15.9 Å². The molecule has 0 saturated heterocycles. The molecule has 2 aromatic carbocycles. The van der Waals surface area contributed by atoms with Crippen LogP contribution in [-0.4, -0.2) is 15.5 Å². The molecule has 2 rings (SSSR count). The summed E-state index contributed by atoms with van der Waals surface area (Å²) in [6.45, 7) is 0. The van der Waals surface area contributed by atoms with E-state index in [0.717, 1.165) is 5.69 Å². The number of sulfonamides is 1. The largest absolute Gasteiger partial charge is 0.388 e. The van der Waals surface area contributed by atoms with Crippen LogP contribution in [0.4, 0.5) is 11.4 Å². The van der Waals surface area contributed by atoms with Crippen molar-refractivity contribution in [2.75, 3.05) is 17.1 Å². The molecule has 0 spiro atoms. The molecule has 7 heteroatoms. The van der Waals surface area contributed by atoms with Crippen LogP contribution < -0.4 is 10.0 Å². The number of benzene rings is 2. The molecule has 0 aliphatic rings. The van der Waals surface area contributed by atoms with Crippen LogP contribution in [-0.2, 0) is 10.0 Å². The molecule has 5 nitrogen and oxygen atoms in total. The Morgan fingerprint density at radius 3 is 2.33 bits per heavy atom. The van der Waals surface area contributed by atoms with Crippen LogP contribution in [0, 0.1) is 11.3 Å². The molecular formula is C14H12BrN3O2S. The molecule has 0 atom stereocenters. The number of nitriles is 1. The number of nitrogens with zero attached hydrogens (tertiary/aromatic N) is 1. The lowest BCUT2D eigenvalue weighted by atomic mass is 10.2. The molecule has 0 aliphatic heterocycles. The van der Waals surface area contributed by atoms with Crippen molar-refractivity contribution in [3.63, 3.8) is 0 Å². The second-order valence-electron chi connectivity index (χ2n) is 4.19. The minimum absolute atomic E-state index is 0.165. The lowest BCUT2D eigenvalue weighted by Crippen LogP contribution is -2.13. The Bertz CT molecular complexity index is 796. The molecule has 0 aliphatic carbocycles. The van der Waals surface area contributed by atoms with Crippen molar-refractivity contribution in [3.8, 4) is 6.07 Å². The maximum absolute atomic E-state index is 12.3. The van der Waals surface area contributed by atoms with Gasteiger partial charge >= 0.3 is 0 Å². The van der Waals surface area contributed by atoms with Gasteiger partial charge in [-0.1, -0.05) is 0 Å². The van der Waals surface area contributed by atoms with Gasteiger partial charge in [-0.15, -0.1) is 0 Å². The fraction of sp³-hybridized carbons (Fsp3) is 0.0714. The van der Waals surface area contributed by atoms with Crippen molar-refractivity contribution in [2.24, 2.45) is 0 Å². The van der Waals surface area contributed by atoms with E-state index >= 15 is 0 Å². The van der Waals surface area contributed by atoms with Crippen molar-refractivity contribution >= 4 is 37.3 Å². The minimum Gasteiger partial charge on any atom is -0.388 e. The molecule has 0 fully saturated rings. The van der Waals surface area contributed by atoms with E-state index in [-0.39, 0.29) is 4.90 Å². The zero-order valence-corrected chi connectivity index (χ0v) is 13.5. The van der Waals surface area contributed by atoms with Crippen LogP contribution in [0.3, 0.4) is 0 Å². The highest BCUT2D eigenvalue weighted by molar-refractivity contribution is 9.10. The molecule has 0 radical (unpaired) electrons. The smallest absolute Gasteiger partial charge is 0.261 e. The highest BCUT2D eigenvalue weighted by atomic mass is 79.9. The first-order valence-electron chi connectivity index (χ1n) is 5.96. The molecule has 0 aromatic heterocycles. The van der Waals surface area contributed by atoms with E-state index in [0.29, 0.717) is 15.7 Å². The highest BCUT2D eigenvalue weighted by Crippen LogP contribution is 2.26. The first kappa shape index (κ1) is 15.4. The summed E-state index contributed by atoms with van der Waals surface area (Å²) in [6.07, 6.45) is 0. The first-order valence-corrected chi connectivity index (χ1v) is 8.24. The number of hydrogen-bond donors (Lipinski definition) is 2. The van der Waals surface area contributed by atoms with Gasteiger partial charge in [0.1, 0.15) is 0 Å². The first-order chi connectivity index (χ1) is 9.96. The lowest BCUT2D eigenvalue weighted by molar-refractivity contribution is 0.601. The number of hydrogen-bond acceptors (Lipinski definition) is 4. The SMILES string of the molecule is CNc1ccc(S(=O)(=O)Nc2ccc(C#N)cc2Br)cc1. The Morgan fingerprint density at radius 1 is 1.14 bits per heavy atom. The van der Waals surface area contributed by atoms with Gasteiger partial charge in [-0.25, -0.2) is 8.42 Å². The third-order valence-corrected chi connectivity index (χ3v) is 4.83. The summed E-state index contributed by atoms with van der Waals surface area (Å²) in [5.41, 5.74) is 1.66. The van der Waals surface area contributed by atoms with Gasteiger partial charge < -0.3 is 5.32 Å². The molecule has 0 unspecified atom stereocenters. The van der Waals surface area contributed by atoms with E-state index in [2.05, 4.69) is 26.0 Å². The summed E-state index contributed by atoms with van der Waals surface area (Å²) in [5.74, 6) is 0. The lowest BCUT2D eigenvalue weighted by Gasteiger charge is -2.10. The summed E-state index contributed by atoms with van der Waals surface area (Å²) >= 11 is 3.25. The van der Waals surface area contributed by atoms with Crippen LogP contribution in [0.5, 0.6) is 0 Å². The van der Waals surface area contributed by atoms with E-state index < -0.39 is 10.0 Å². The molecule has 2 aromatic rings. The average molecular weight is 366 g/mol. The van der Waals surface area contributed by atoms with Crippen LogP contribution in [0.1, 0.15) is 5.56 Å². The average Bonchev–Trinajstić information content (AvgIpc) is 2.49. The monoisotopic (exact) mass is 365 g/mol. The predicted octanol–water partition coefficient (Wildman–Crippen LogP) is 3.16. The van der Waals surface area contributed by atoms with Crippen molar-refractivity contribution in [3.05, 3.63) is 52.5 Å². The zero-order valence-electron chi connectivity index (χ0n) is 11.1. The van der Waals surface area contributed by atoms with Gasteiger partial charge in [0.15, 0.2) is 0 Å². The summed E-state index contributed by atoms with van der Waals surface area (Å²) < 4.78 is 27.6. The Hall–Kier alpha value is -2.04. The zero-order chi connectivity index (χ0) is 15.5. The van der Waals surface area contributed by atoms with Gasteiger partial charge in [-0.2, -0.15) is 5.26 Å². The normalized spacial score (nSPS) is 10.7. The van der Waals surface area contributed by atoms with Crippen LogP contribution in [0.25, 0.3) is 0 Å². The molecule has 0 bridgehead atoms. The second-order valence-corrected chi connectivity index (χ2v) is 6.72. The van der Waals surface area contributed by atoms with Gasteiger partial charge in [-0.3, -0.25) is 4.72 Å². The topological polar surface area (TPSA) is 82.0 Å². The maximum atomic E-state index is 12.3. The third-order valence-electron chi connectivity index (χ3n) is 2.80. The number of rotatable bonds is 4. The van der Waals surface area contributed by atoms with Gasteiger partial charge in [0.05, 0.1) is 22.2 Å². The second kappa shape index (κ2) is 6.16. The summed E-state index contributed by atoms with van der Waals surface area (Å²) in [6, 6.07) is 13.0. The van der Waals surface area contributed by atoms with Gasteiger partial charge in [-0.05, 0) is 58.4 Å². The van der Waals surface area contributed by atoms with Crippen LogP contribution in [0.15, 0.2) is 51.8 Å². The Morgan fingerprint density at radius 2 is 1.81 bits per heavy atom. The Labute approximate surface area is 131 Å². The summed E-state index contributed by atoms with van der Waals surface area (Å²) in [4.78, 5) is 0.165. The highest BCUT2D eigenvalue weighted by Gasteiger charge is 2.15. The quantitative estimate of drug-likeness (QED) is 0.871. The van der Waals surface area contributed by atoms with Crippen molar-refractivity contribution in [2.45, 2.75) is 4.90 Å². The number of nitrogens with one attached hydrogen (secondary N) is 2. The van der Waals surface area contributed by atoms with E-state index in [1.54, 1.807) is 37.4 Å². The van der Waals surface area contributed by atoms with Crippen molar-refractivity contribution < 1.29 is 8.42 Å². The van der Waals surface area contributed by atoms with Crippen molar-refractivity contribution in [1.29, 1.82) is 5.26 Å². The van der Waals surface area contributed by atoms with E-state index in [1.807, 2.05) is 6.07 Å². The fourth-order valence-electron chi connectivity index (χ4n) is 1.67. The number of halogens is 1. The molecule has 0 saturated carbocycles. The van der Waals surface area contributed by atoms with Gasteiger partial charge in [0.25, 0.3) is 10.0 Å². The molecule has 21 heavy (non-hydrogen) atoms.